The lowest BCUT2D eigenvalue weighted by Gasteiger charge is -2.31. The Balaban J connectivity index is 1.82. The highest BCUT2D eigenvalue weighted by Crippen LogP contribution is 2.30. The van der Waals surface area contributed by atoms with Crippen molar-refractivity contribution in [2.24, 2.45) is 17.6 Å². The van der Waals surface area contributed by atoms with E-state index in [9.17, 15) is 18.0 Å². The molecule has 0 unspecified atom stereocenters. The molecule has 0 aromatic heterocycles. The monoisotopic (exact) mass is 437 g/mol. The van der Waals surface area contributed by atoms with Gasteiger partial charge < -0.3 is 19.9 Å². The quantitative estimate of drug-likeness (QED) is 0.719. The van der Waals surface area contributed by atoms with Crippen molar-refractivity contribution in [3.63, 3.8) is 0 Å². The van der Waals surface area contributed by atoms with Gasteiger partial charge in [-0.05, 0) is 48.9 Å². The van der Waals surface area contributed by atoms with Crippen LogP contribution in [0, 0.1) is 11.8 Å². The van der Waals surface area contributed by atoms with Crippen LogP contribution in [0.4, 0.5) is 13.2 Å². The van der Waals surface area contributed by atoms with Crippen LogP contribution in [0.15, 0.2) is 54.6 Å². The number of alkyl halides is 3. The van der Waals surface area contributed by atoms with Crippen molar-refractivity contribution in [1.82, 2.24) is 0 Å². The van der Waals surface area contributed by atoms with Crippen LogP contribution >= 0.6 is 0 Å². The number of benzene rings is 2. The van der Waals surface area contributed by atoms with E-state index in [2.05, 4.69) is 4.74 Å². The first-order valence-corrected chi connectivity index (χ1v) is 10.1. The molecule has 2 aromatic carbocycles. The first-order chi connectivity index (χ1) is 14.7. The molecule has 0 radical (unpaired) electrons. The van der Waals surface area contributed by atoms with Gasteiger partial charge in [0.2, 0.25) is 0 Å². The highest BCUT2D eigenvalue weighted by Gasteiger charge is 2.34. The molecular formula is C23H26F3NO4. The third-order valence-electron chi connectivity index (χ3n) is 5.41. The zero-order valence-corrected chi connectivity index (χ0v) is 17.2. The van der Waals surface area contributed by atoms with Crippen LogP contribution in [0.1, 0.15) is 18.1 Å². The number of carbonyl (C=O) groups excluding carboxylic acids is 1. The van der Waals surface area contributed by atoms with E-state index >= 15 is 0 Å². The van der Waals surface area contributed by atoms with Gasteiger partial charge in [0.15, 0.2) is 0 Å². The summed E-state index contributed by atoms with van der Waals surface area (Å²) in [5, 5.41) is 0. The van der Waals surface area contributed by atoms with Crippen LogP contribution in [0.2, 0.25) is 0 Å². The fraction of sp³-hybridized carbons (Fsp3) is 0.435. The Labute approximate surface area is 179 Å². The number of ether oxygens (including phenoxy) is 3. The zero-order valence-electron chi connectivity index (χ0n) is 17.2. The average molecular weight is 437 g/mol. The molecule has 1 aliphatic rings. The summed E-state index contributed by atoms with van der Waals surface area (Å²) in [6.45, 7) is 2.29. The van der Waals surface area contributed by atoms with Crippen LogP contribution < -0.4 is 10.5 Å². The summed E-state index contributed by atoms with van der Waals surface area (Å²) < 4.78 is 52.6. The van der Waals surface area contributed by atoms with E-state index in [4.69, 9.17) is 15.2 Å². The molecule has 2 N–H and O–H groups in total. The van der Waals surface area contributed by atoms with Crippen molar-refractivity contribution >= 4 is 5.97 Å². The van der Waals surface area contributed by atoms with Crippen molar-refractivity contribution in [3.8, 4) is 5.75 Å². The van der Waals surface area contributed by atoms with Gasteiger partial charge in [0.05, 0.1) is 13.2 Å². The maximum absolute atomic E-state index is 12.4. The summed E-state index contributed by atoms with van der Waals surface area (Å²) in [5.74, 6) is -0.905. The van der Waals surface area contributed by atoms with Gasteiger partial charge in [0.25, 0.3) is 0 Å². The predicted octanol–water partition coefficient (Wildman–Crippen LogP) is 3.89. The van der Waals surface area contributed by atoms with Gasteiger partial charge in [0, 0.05) is 5.92 Å². The lowest BCUT2D eigenvalue weighted by molar-refractivity contribution is -0.274. The minimum Gasteiger partial charge on any atom is -0.461 e. The fourth-order valence-corrected chi connectivity index (χ4v) is 3.84. The van der Waals surface area contributed by atoms with Crippen molar-refractivity contribution in [3.05, 3.63) is 65.7 Å². The topological polar surface area (TPSA) is 70.8 Å². The molecular weight excluding hydrogens is 411 g/mol. The third kappa shape index (κ3) is 6.97. The molecule has 0 amide bonds. The minimum absolute atomic E-state index is 0.0154. The second kappa shape index (κ2) is 10.2. The molecule has 2 aromatic rings. The van der Waals surface area contributed by atoms with Gasteiger partial charge in [-0.15, -0.1) is 13.2 Å². The summed E-state index contributed by atoms with van der Waals surface area (Å²) in [7, 11) is 0. The first kappa shape index (κ1) is 23.1. The Kier molecular flexibility index (Phi) is 7.56. The maximum atomic E-state index is 12.4. The van der Waals surface area contributed by atoms with Crippen molar-refractivity contribution in [1.29, 1.82) is 0 Å². The number of halogens is 3. The number of hydrogen-bond acceptors (Lipinski definition) is 5. The number of nitrogens with two attached hydrogens (primary N) is 1. The highest BCUT2D eigenvalue weighted by atomic mass is 19.4. The smallest absolute Gasteiger partial charge is 0.461 e. The number of carbonyl (C=O) groups is 1. The predicted molar refractivity (Wildman–Crippen MR) is 108 cm³/mol. The van der Waals surface area contributed by atoms with E-state index in [1.165, 1.54) is 12.1 Å². The fourth-order valence-electron chi connectivity index (χ4n) is 3.84. The Morgan fingerprint density at radius 3 is 2.29 bits per heavy atom. The van der Waals surface area contributed by atoms with E-state index in [0.717, 1.165) is 11.1 Å². The summed E-state index contributed by atoms with van der Waals surface area (Å²) in [6, 6.07) is 14.8. The van der Waals surface area contributed by atoms with Crippen molar-refractivity contribution < 1.29 is 32.2 Å². The van der Waals surface area contributed by atoms with Crippen molar-refractivity contribution in [2.45, 2.75) is 38.3 Å². The Morgan fingerprint density at radius 1 is 1.00 bits per heavy atom. The Morgan fingerprint density at radius 2 is 1.65 bits per heavy atom. The van der Waals surface area contributed by atoms with Gasteiger partial charge >= 0.3 is 12.3 Å². The molecule has 5 nitrogen and oxygen atoms in total. The van der Waals surface area contributed by atoms with E-state index in [-0.39, 0.29) is 24.2 Å². The van der Waals surface area contributed by atoms with E-state index in [1.54, 1.807) is 12.1 Å². The maximum Gasteiger partial charge on any atom is 0.573 e. The normalized spacial score (nSPS) is 25.1. The zero-order chi connectivity index (χ0) is 22.4. The van der Waals surface area contributed by atoms with Crippen LogP contribution in [-0.4, -0.2) is 37.7 Å². The third-order valence-corrected chi connectivity index (χ3v) is 5.41. The molecule has 31 heavy (non-hydrogen) atoms. The van der Waals surface area contributed by atoms with Crippen LogP contribution in [0.25, 0.3) is 0 Å². The lowest BCUT2D eigenvalue weighted by Crippen LogP contribution is -2.39. The minimum atomic E-state index is -4.74. The molecule has 0 saturated carbocycles. The van der Waals surface area contributed by atoms with E-state index < -0.39 is 24.5 Å². The molecule has 0 spiro atoms. The molecule has 1 heterocycles. The number of cyclic esters (lactones) is 1. The summed E-state index contributed by atoms with van der Waals surface area (Å²) in [4.78, 5) is 12.2. The standard InChI is InChI=1S/C23H26F3NO4/c1-15-20(12-17-7-9-19(10-8-17)31-23(24,25)26)18(11-16-5-3-2-4-6-16)13-29-14-21(27)22(28)30-15/h2-10,15,18,20-21H,11-14,27H2,1H3/t15-,18-,20-,21-/m0/s1. The lowest BCUT2D eigenvalue weighted by atomic mass is 9.80. The second-order valence-electron chi connectivity index (χ2n) is 7.80. The number of esters is 1. The second-order valence-corrected chi connectivity index (χ2v) is 7.80. The van der Waals surface area contributed by atoms with Crippen LogP contribution in [-0.2, 0) is 27.1 Å². The molecule has 1 saturated heterocycles. The molecule has 4 atom stereocenters. The van der Waals surface area contributed by atoms with Crippen LogP contribution in [0.5, 0.6) is 5.75 Å². The van der Waals surface area contributed by atoms with Gasteiger partial charge in [-0.1, -0.05) is 42.5 Å². The molecule has 0 aliphatic carbocycles. The summed E-state index contributed by atoms with van der Waals surface area (Å²) in [5.41, 5.74) is 7.77. The molecule has 1 fully saturated rings. The SMILES string of the molecule is C[C@@H]1OC(=O)[C@@H](N)COC[C@H](Cc2ccccc2)[C@H]1Cc1ccc(OC(F)(F)F)cc1. The molecule has 8 heteroatoms. The molecule has 1 aliphatic heterocycles. The van der Waals surface area contributed by atoms with Gasteiger partial charge in [-0.25, -0.2) is 0 Å². The largest absolute Gasteiger partial charge is 0.573 e. The molecule has 0 bridgehead atoms. The number of hydrogen-bond donors (Lipinski definition) is 1. The Hall–Kier alpha value is -2.58. The van der Waals surface area contributed by atoms with Crippen molar-refractivity contribution in [2.75, 3.05) is 13.2 Å². The first-order valence-electron chi connectivity index (χ1n) is 10.1. The van der Waals surface area contributed by atoms with Gasteiger partial charge in [-0.3, -0.25) is 4.79 Å². The average Bonchev–Trinajstić information content (AvgIpc) is 2.75. The summed E-state index contributed by atoms with van der Waals surface area (Å²) in [6.07, 6.45) is -3.98. The van der Waals surface area contributed by atoms with Crippen LogP contribution in [0.3, 0.4) is 0 Å². The van der Waals surface area contributed by atoms with Gasteiger partial charge in [0.1, 0.15) is 17.9 Å². The number of rotatable bonds is 5. The molecule has 3 rings (SSSR count). The van der Waals surface area contributed by atoms with E-state index in [1.807, 2.05) is 37.3 Å². The highest BCUT2D eigenvalue weighted by molar-refractivity contribution is 5.75. The Bertz CT molecular complexity index is 842. The molecule has 168 valence electrons. The van der Waals surface area contributed by atoms with E-state index in [0.29, 0.717) is 19.4 Å². The summed E-state index contributed by atoms with van der Waals surface area (Å²) >= 11 is 0. The van der Waals surface area contributed by atoms with Gasteiger partial charge in [-0.2, -0.15) is 0 Å².